The highest BCUT2D eigenvalue weighted by molar-refractivity contribution is 7.92. The van der Waals surface area contributed by atoms with Crippen LogP contribution in [-0.4, -0.2) is 8.42 Å². The van der Waals surface area contributed by atoms with Crippen LogP contribution in [-0.2, 0) is 9.84 Å². The van der Waals surface area contributed by atoms with Gasteiger partial charge in [0.25, 0.3) is 0 Å². The van der Waals surface area contributed by atoms with Crippen LogP contribution < -0.4 is 0 Å². The van der Waals surface area contributed by atoms with Crippen molar-refractivity contribution in [2.24, 2.45) is 0 Å². The molecule has 0 saturated heterocycles. The first-order valence-corrected chi connectivity index (χ1v) is 17.9. The molecular weight excluding hydrogens is 686 g/mol. The first-order chi connectivity index (χ1) is 20.8. The van der Waals surface area contributed by atoms with Crippen LogP contribution in [0.4, 0.5) is 0 Å². The molecule has 4 atom stereocenters. The van der Waals surface area contributed by atoms with Gasteiger partial charge in [0.2, 0.25) is 0 Å². The van der Waals surface area contributed by atoms with Crippen molar-refractivity contribution in [1.29, 1.82) is 0 Å². The van der Waals surface area contributed by atoms with Crippen molar-refractivity contribution in [2.75, 3.05) is 0 Å². The van der Waals surface area contributed by atoms with E-state index in [9.17, 15) is 0 Å². The number of halogens is 4. The molecule has 0 aliphatic heterocycles. The van der Waals surface area contributed by atoms with E-state index in [4.69, 9.17) is 55.2 Å². The molecule has 0 N–H and O–H groups in total. The molecule has 4 aromatic heterocycles. The zero-order chi connectivity index (χ0) is 30.1. The lowest BCUT2D eigenvalue weighted by atomic mass is 9.93. The SMILES string of the molecule is O=S(=O)(C(c1ccc(Cl)cc1Cl)C(c1ccco1)c1cccs1)C(c1ccc(Cl)cc1Cl)C(c1ccco1)c1cccs1. The van der Waals surface area contributed by atoms with Crippen LogP contribution in [0.1, 0.15) is 54.7 Å². The molecule has 0 spiro atoms. The van der Waals surface area contributed by atoms with Gasteiger partial charge >= 0.3 is 0 Å². The molecule has 4 heterocycles. The summed E-state index contributed by atoms with van der Waals surface area (Å²) < 4.78 is 43.3. The predicted molar refractivity (Wildman–Crippen MR) is 177 cm³/mol. The first-order valence-electron chi connectivity index (χ1n) is 13.0. The fourth-order valence-electron chi connectivity index (χ4n) is 5.46. The minimum atomic E-state index is -4.30. The zero-order valence-corrected chi connectivity index (χ0v) is 27.5. The van der Waals surface area contributed by atoms with Gasteiger partial charge in [0, 0.05) is 29.8 Å². The third-order valence-corrected chi connectivity index (χ3v) is 12.8. The van der Waals surface area contributed by atoms with Crippen molar-refractivity contribution in [2.45, 2.75) is 22.3 Å². The fraction of sp³-hybridized carbons (Fsp3) is 0.125. The highest BCUT2D eigenvalue weighted by atomic mass is 35.5. The van der Waals surface area contributed by atoms with Crippen molar-refractivity contribution in [3.63, 3.8) is 0 Å². The monoisotopic (exact) mass is 706 g/mol. The number of hydrogen-bond acceptors (Lipinski definition) is 6. The van der Waals surface area contributed by atoms with E-state index in [0.717, 1.165) is 9.75 Å². The van der Waals surface area contributed by atoms with Gasteiger partial charge in [-0.2, -0.15) is 0 Å². The summed E-state index contributed by atoms with van der Waals surface area (Å²) in [4.78, 5) is 1.59. The number of thiophene rings is 2. The van der Waals surface area contributed by atoms with Crippen molar-refractivity contribution in [3.8, 4) is 0 Å². The summed E-state index contributed by atoms with van der Waals surface area (Å²) in [5.41, 5.74) is 0.778. The van der Waals surface area contributed by atoms with Gasteiger partial charge in [-0.15, -0.1) is 22.7 Å². The van der Waals surface area contributed by atoms with E-state index in [1.54, 1.807) is 60.7 Å². The number of furan rings is 2. The molecule has 43 heavy (non-hydrogen) atoms. The molecule has 4 nitrogen and oxygen atoms in total. The smallest absolute Gasteiger partial charge is 0.166 e. The van der Waals surface area contributed by atoms with Crippen LogP contribution in [0.2, 0.25) is 20.1 Å². The van der Waals surface area contributed by atoms with Crippen molar-refractivity contribution in [3.05, 3.63) is 161 Å². The van der Waals surface area contributed by atoms with E-state index >= 15 is 8.42 Å². The van der Waals surface area contributed by atoms with Gasteiger partial charge < -0.3 is 8.83 Å². The Hall–Kier alpha value is -2.49. The third kappa shape index (κ3) is 6.09. The number of hydrogen-bond donors (Lipinski definition) is 0. The molecule has 0 bridgehead atoms. The molecule has 0 aliphatic rings. The zero-order valence-electron chi connectivity index (χ0n) is 22.1. The Morgan fingerprint density at radius 3 is 1.35 bits per heavy atom. The lowest BCUT2D eigenvalue weighted by Gasteiger charge is -2.34. The second-order valence-electron chi connectivity index (χ2n) is 9.78. The Morgan fingerprint density at radius 2 is 1.02 bits per heavy atom. The van der Waals surface area contributed by atoms with Gasteiger partial charge in [0.15, 0.2) is 9.84 Å². The van der Waals surface area contributed by atoms with Gasteiger partial charge in [-0.3, -0.25) is 0 Å². The molecular formula is C32H22Cl4O4S3. The summed E-state index contributed by atoms with van der Waals surface area (Å²) in [6.45, 7) is 0. The Balaban J connectivity index is 1.68. The standard InChI is InChI=1S/C32H22Cl4O4S3/c33-19-9-11-21(23(35)17-19)31(29(25-5-1-13-39-25)27-7-3-15-41-27)43(37,38)32(22-12-10-20(34)18-24(22)36)30(26-6-2-14-40-26)28-8-4-16-42-28/h1-18,29-32H. The average molecular weight is 709 g/mol. The Morgan fingerprint density at radius 1 is 0.581 bits per heavy atom. The minimum absolute atomic E-state index is 0.223. The second-order valence-corrected chi connectivity index (χ2v) is 15.6. The summed E-state index contributed by atoms with van der Waals surface area (Å²) in [6, 6.07) is 24.4. The summed E-state index contributed by atoms with van der Waals surface area (Å²) in [6.07, 6.45) is 3.07. The lowest BCUT2D eigenvalue weighted by Crippen LogP contribution is -2.30. The quantitative estimate of drug-likeness (QED) is 0.142. The minimum Gasteiger partial charge on any atom is -0.469 e. The Kier molecular flexibility index (Phi) is 9.13. The molecule has 6 rings (SSSR count). The van der Waals surface area contributed by atoms with Crippen LogP contribution >= 0.6 is 69.1 Å². The Labute approximate surface area is 277 Å². The lowest BCUT2D eigenvalue weighted by molar-refractivity contribution is 0.459. The van der Waals surface area contributed by atoms with Gasteiger partial charge in [-0.25, -0.2) is 8.42 Å². The summed E-state index contributed by atoms with van der Waals surface area (Å²) in [5.74, 6) is -0.525. The van der Waals surface area contributed by atoms with Gasteiger partial charge in [0.05, 0.1) is 24.4 Å². The molecule has 0 saturated carbocycles. The van der Waals surface area contributed by atoms with Crippen molar-refractivity contribution < 1.29 is 17.3 Å². The molecule has 6 aromatic rings. The summed E-state index contributed by atoms with van der Waals surface area (Å²) in [7, 11) is -4.30. The third-order valence-electron chi connectivity index (χ3n) is 7.25. The van der Waals surface area contributed by atoms with Gasteiger partial charge in [-0.1, -0.05) is 70.7 Å². The molecule has 220 valence electrons. The van der Waals surface area contributed by atoms with E-state index in [1.807, 2.05) is 35.0 Å². The van der Waals surface area contributed by atoms with E-state index in [0.29, 0.717) is 32.7 Å². The van der Waals surface area contributed by atoms with Gasteiger partial charge in [0.1, 0.15) is 22.0 Å². The number of sulfone groups is 1. The number of rotatable bonds is 10. The molecule has 11 heteroatoms. The molecule has 0 amide bonds. The fourth-order valence-corrected chi connectivity index (χ4v) is 11.3. The summed E-state index contributed by atoms with van der Waals surface area (Å²) >= 11 is 29.2. The molecule has 2 aromatic carbocycles. The highest BCUT2D eigenvalue weighted by Crippen LogP contribution is 2.55. The van der Waals surface area contributed by atoms with E-state index in [2.05, 4.69) is 0 Å². The summed E-state index contributed by atoms with van der Waals surface area (Å²) in [5, 5.41) is 2.61. The van der Waals surface area contributed by atoms with Crippen LogP contribution in [0, 0.1) is 0 Å². The number of benzene rings is 2. The van der Waals surface area contributed by atoms with Crippen LogP contribution in [0.15, 0.2) is 117 Å². The maximum Gasteiger partial charge on any atom is 0.166 e. The van der Waals surface area contributed by atoms with Crippen molar-refractivity contribution in [1.82, 2.24) is 0 Å². The molecule has 4 unspecified atom stereocenters. The van der Waals surface area contributed by atoms with Crippen LogP contribution in [0.5, 0.6) is 0 Å². The normalized spacial score (nSPS) is 14.8. The molecule has 0 radical (unpaired) electrons. The van der Waals surface area contributed by atoms with Crippen molar-refractivity contribution >= 4 is 78.9 Å². The van der Waals surface area contributed by atoms with Gasteiger partial charge in [-0.05, 0) is 82.6 Å². The maximum absolute atomic E-state index is 15.7. The van der Waals surface area contributed by atoms with E-state index in [1.165, 1.54) is 35.2 Å². The molecule has 0 fully saturated rings. The largest absolute Gasteiger partial charge is 0.469 e. The molecule has 0 aliphatic carbocycles. The van der Waals surface area contributed by atoms with E-state index < -0.39 is 32.2 Å². The Bertz CT molecular complexity index is 1700. The predicted octanol–water partition coefficient (Wildman–Crippen LogP) is 11.5. The van der Waals surface area contributed by atoms with E-state index in [-0.39, 0.29) is 10.0 Å². The highest BCUT2D eigenvalue weighted by Gasteiger charge is 2.49. The maximum atomic E-state index is 15.7. The van der Waals surface area contributed by atoms with Crippen LogP contribution in [0.3, 0.4) is 0 Å². The van der Waals surface area contributed by atoms with Crippen LogP contribution in [0.25, 0.3) is 0 Å². The average Bonchev–Trinajstić information content (AvgIpc) is 3.80. The topological polar surface area (TPSA) is 60.4 Å². The first kappa shape index (κ1) is 30.5. The second kappa shape index (κ2) is 12.9.